The molecular weight excluding hydrogens is 361 g/mol. The summed E-state index contributed by atoms with van der Waals surface area (Å²) >= 11 is 0. The number of H-pyrrole nitrogens is 1. The third-order valence-corrected chi connectivity index (χ3v) is 4.62. The summed E-state index contributed by atoms with van der Waals surface area (Å²) in [7, 11) is 0. The zero-order chi connectivity index (χ0) is 19.6. The zero-order valence-corrected chi connectivity index (χ0v) is 14.6. The molecule has 1 saturated heterocycles. The van der Waals surface area contributed by atoms with Crippen molar-refractivity contribution < 1.29 is 18.0 Å². The van der Waals surface area contributed by atoms with E-state index in [1.165, 1.54) is 36.2 Å². The number of piperidine rings is 1. The van der Waals surface area contributed by atoms with Crippen LogP contribution >= 0.6 is 0 Å². The summed E-state index contributed by atoms with van der Waals surface area (Å²) in [6.07, 6.45) is 2.03. The molecule has 3 rings (SSSR count). The molecule has 6 nitrogen and oxygen atoms in total. The Morgan fingerprint density at radius 3 is 2.78 bits per heavy atom. The minimum absolute atomic E-state index is 0.147. The normalized spacial score (nSPS) is 20.8. The molecule has 2 aromatic rings. The number of amides is 1. The molecule has 0 radical (unpaired) electrons. The van der Waals surface area contributed by atoms with E-state index in [1.54, 1.807) is 0 Å². The van der Waals surface area contributed by atoms with E-state index in [9.17, 15) is 22.8 Å². The second kappa shape index (κ2) is 7.51. The molecule has 0 saturated carbocycles. The Bertz CT molecular complexity index is 849. The number of carbonyl (C=O) groups excluding carboxylic acids is 1. The monoisotopic (exact) mass is 380 g/mol. The lowest BCUT2D eigenvalue weighted by Gasteiger charge is -2.40. The molecule has 0 bridgehead atoms. The van der Waals surface area contributed by atoms with Gasteiger partial charge in [0.1, 0.15) is 11.6 Å². The van der Waals surface area contributed by atoms with Crippen LogP contribution in [0.25, 0.3) is 0 Å². The predicted octanol–water partition coefficient (Wildman–Crippen LogP) is 2.36. The molecule has 1 unspecified atom stereocenters. The molecule has 2 aromatic heterocycles. The van der Waals surface area contributed by atoms with Gasteiger partial charge in [-0.3, -0.25) is 14.5 Å². The number of halogens is 3. The summed E-state index contributed by atoms with van der Waals surface area (Å²) in [4.78, 5) is 31.2. The Hall–Kier alpha value is -2.68. The number of carbonyl (C=O) groups is 1. The summed E-state index contributed by atoms with van der Waals surface area (Å²) in [6.45, 7) is 1.23. The Balaban J connectivity index is 1.73. The number of aromatic nitrogens is 2. The zero-order valence-electron chi connectivity index (χ0n) is 14.6. The van der Waals surface area contributed by atoms with Crippen LogP contribution in [0.5, 0.6) is 0 Å². The minimum Gasteiger partial charge on any atom is -0.329 e. The standard InChI is InChI=1S/C18H19F3N4O2/c1-11(17(27)24-15-4-3-14(19)8-22-15)25-9-13(6-18(20,21)10-25)12-2-5-16(26)23-7-12/h2-5,7-8,11,13H,6,9-10H2,1H3,(H,23,26)(H,22,24,27)/t11?,13-/m1/s1. The van der Waals surface area contributed by atoms with Gasteiger partial charge in [0, 0.05) is 31.1 Å². The van der Waals surface area contributed by atoms with Gasteiger partial charge >= 0.3 is 0 Å². The first kappa shape index (κ1) is 19.1. The average Bonchev–Trinajstić information content (AvgIpc) is 2.62. The summed E-state index contributed by atoms with van der Waals surface area (Å²) < 4.78 is 41.4. The lowest BCUT2D eigenvalue weighted by atomic mass is 9.89. The molecule has 0 aromatic carbocycles. The van der Waals surface area contributed by atoms with Crippen molar-refractivity contribution in [2.45, 2.75) is 31.2 Å². The number of nitrogens with zero attached hydrogens (tertiary/aromatic N) is 2. The van der Waals surface area contributed by atoms with Gasteiger partial charge in [0.25, 0.3) is 5.92 Å². The lowest BCUT2D eigenvalue weighted by Crippen LogP contribution is -2.53. The maximum absolute atomic E-state index is 14.3. The van der Waals surface area contributed by atoms with Gasteiger partial charge in [-0.1, -0.05) is 6.07 Å². The number of anilines is 1. The van der Waals surface area contributed by atoms with Crippen LogP contribution in [-0.4, -0.2) is 45.8 Å². The minimum atomic E-state index is -2.97. The largest absolute Gasteiger partial charge is 0.329 e. The molecule has 1 fully saturated rings. The van der Waals surface area contributed by atoms with Crippen molar-refractivity contribution in [3.63, 3.8) is 0 Å². The lowest BCUT2D eigenvalue weighted by molar-refractivity contribution is -0.126. The Kier molecular flexibility index (Phi) is 5.31. The third-order valence-electron chi connectivity index (χ3n) is 4.62. The van der Waals surface area contributed by atoms with Crippen LogP contribution in [-0.2, 0) is 4.79 Å². The van der Waals surface area contributed by atoms with Gasteiger partial charge < -0.3 is 10.3 Å². The second-order valence-electron chi connectivity index (χ2n) is 6.70. The predicted molar refractivity (Wildman–Crippen MR) is 93.2 cm³/mol. The van der Waals surface area contributed by atoms with E-state index in [0.29, 0.717) is 5.56 Å². The first-order valence-electron chi connectivity index (χ1n) is 8.46. The Morgan fingerprint density at radius 2 is 2.15 bits per heavy atom. The van der Waals surface area contributed by atoms with E-state index in [2.05, 4.69) is 15.3 Å². The number of alkyl halides is 2. The van der Waals surface area contributed by atoms with Crippen molar-refractivity contribution in [3.05, 3.63) is 58.4 Å². The first-order valence-corrected chi connectivity index (χ1v) is 8.46. The van der Waals surface area contributed by atoms with Crippen LogP contribution in [0.2, 0.25) is 0 Å². The van der Waals surface area contributed by atoms with E-state index in [4.69, 9.17) is 0 Å². The number of likely N-dealkylation sites (tertiary alicyclic amines) is 1. The summed E-state index contributed by atoms with van der Waals surface area (Å²) in [5.41, 5.74) is 0.282. The van der Waals surface area contributed by atoms with Crippen molar-refractivity contribution in [3.8, 4) is 0 Å². The van der Waals surface area contributed by atoms with Gasteiger partial charge in [-0.2, -0.15) is 0 Å². The first-order chi connectivity index (χ1) is 12.7. The molecule has 0 aliphatic carbocycles. The van der Waals surface area contributed by atoms with Gasteiger partial charge in [-0.15, -0.1) is 0 Å². The second-order valence-corrected chi connectivity index (χ2v) is 6.70. The van der Waals surface area contributed by atoms with Crippen LogP contribution < -0.4 is 10.9 Å². The molecule has 1 aliphatic rings. The van der Waals surface area contributed by atoms with E-state index in [1.807, 2.05) is 0 Å². The van der Waals surface area contributed by atoms with E-state index < -0.39 is 36.2 Å². The van der Waals surface area contributed by atoms with E-state index in [0.717, 1.165) is 12.3 Å². The van der Waals surface area contributed by atoms with Gasteiger partial charge in [-0.05, 0) is 24.6 Å². The number of hydrogen-bond acceptors (Lipinski definition) is 4. The van der Waals surface area contributed by atoms with Crippen LogP contribution in [0.3, 0.4) is 0 Å². The van der Waals surface area contributed by atoms with Crippen LogP contribution in [0.1, 0.15) is 24.8 Å². The molecule has 144 valence electrons. The molecule has 1 aliphatic heterocycles. The molecule has 1 amide bonds. The highest BCUT2D eigenvalue weighted by atomic mass is 19.3. The maximum atomic E-state index is 14.3. The molecule has 3 heterocycles. The molecule has 27 heavy (non-hydrogen) atoms. The fraction of sp³-hybridized carbons (Fsp3) is 0.389. The Labute approximate surface area is 153 Å². The number of nitrogens with one attached hydrogen (secondary N) is 2. The van der Waals surface area contributed by atoms with Crippen molar-refractivity contribution >= 4 is 11.7 Å². The third kappa shape index (κ3) is 4.73. The summed E-state index contributed by atoms with van der Waals surface area (Å²) in [6, 6.07) is 4.43. The number of rotatable bonds is 4. The van der Waals surface area contributed by atoms with Crippen LogP contribution in [0.15, 0.2) is 41.5 Å². The van der Waals surface area contributed by atoms with Crippen LogP contribution in [0, 0.1) is 5.82 Å². The molecule has 0 spiro atoms. The molecular formula is C18H19F3N4O2. The fourth-order valence-electron chi connectivity index (χ4n) is 3.18. The van der Waals surface area contributed by atoms with Gasteiger partial charge in [0.15, 0.2) is 0 Å². The fourth-order valence-corrected chi connectivity index (χ4v) is 3.18. The number of aromatic amines is 1. The SMILES string of the molecule is CC(C(=O)Nc1ccc(F)cn1)N1C[C@H](c2ccc(=O)[nH]c2)CC(F)(F)C1. The summed E-state index contributed by atoms with van der Waals surface area (Å²) in [5, 5.41) is 2.50. The van der Waals surface area contributed by atoms with Crippen molar-refractivity contribution in [2.75, 3.05) is 18.4 Å². The highest BCUT2D eigenvalue weighted by molar-refractivity contribution is 5.93. The molecule has 9 heteroatoms. The Morgan fingerprint density at radius 1 is 1.37 bits per heavy atom. The molecule has 2 N–H and O–H groups in total. The van der Waals surface area contributed by atoms with E-state index in [-0.39, 0.29) is 24.3 Å². The van der Waals surface area contributed by atoms with Gasteiger partial charge in [0.05, 0.1) is 18.8 Å². The molecule has 2 atom stereocenters. The van der Waals surface area contributed by atoms with Crippen molar-refractivity contribution in [2.24, 2.45) is 0 Å². The van der Waals surface area contributed by atoms with Gasteiger partial charge in [-0.25, -0.2) is 18.2 Å². The number of pyridine rings is 2. The summed E-state index contributed by atoms with van der Waals surface area (Å²) in [5.74, 6) is -4.40. The maximum Gasteiger partial charge on any atom is 0.261 e. The van der Waals surface area contributed by atoms with Crippen molar-refractivity contribution in [1.82, 2.24) is 14.9 Å². The van der Waals surface area contributed by atoms with E-state index >= 15 is 0 Å². The quantitative estimate of drug-likeness (QED) is 0.854. The van der Waals surface area contributed by atoms with Gasteiger partial charge in [0.2, 0.25) is 11.5 Å². The smallest absolute Gasteiger partial charge is 0.261 e. The topological polar surface area (TPSA) is 78.1 Å². The number of hydrogen-bond donors (Lipinski definition) is 2. The average molecular weight is 380 g/mol. The highest BCUT2D eigenvalue weighted by Crippen LogP contribution is 2.36. The highest BCUT2D eigenvalue weighted by Gasteiger charge is 2.43. The van der Waals surface area contributed by atoms with Crippen LogP contribution in [0.4, 0.5) is 19.0 Å². The van der Waals surface area contributed by atoms with Crippen molar-refractivity contribution in [1.29, 1.82) is 0 Å².